The number of unbranched alkanes of at least 4 members (excludes halogenated alkanes) is 54. The van der Waals surface area contributed by atoms with Crippen molar-refractivity contribution in [1.29, 1.82) is 0 Å². The predicted octanol–water partition coefficient (Wildman–Crippen LogP) is 19.8. The summed E-state index contributed by atoms with van der Waals surface area (Å²) in [7, 11) is 0. The predicted molar refractivity (Wildman–Crippen MR) is 362 cm³/mol. The van der Waals surface area contributed by atoms with Crippen molar-refractivity contribution in [2.75, 3.05) is 19.8 Å². The van der Waals surface area contributed by atoms with Gasteiger partial charge >= 0.3 is 5.97 Å². The monoisotopic (exact) mass is 1220 g/mol. The minimum atomic E-state index is -1.57. The summed E-state index contributed by atoms with van der Waals surface area (Å²) < 4.78 is 16.7. The summed E-state index contributed by atoms with van der Waals surface area (Å²) in [6.45, 7) is 4.38. The van der Waals surface area contributed by atoms with Crippen LogP contribution < -0.4 is 5.32 Å². The number of ether oxygens (including phenoxy) is 3. The first-order valence-corrected chi connectivity index (χ1v) is 38.0. The van der Waals surface area contributed by atoms with Crippen molar-refractivity contribution in [3.63, 3.8) is 0 Å². The summed E-state index contributed by atoms with van der Waals surface area (Å²) in [5, 5.41) is 54.4. The third-order valence-electron chi connectivity index (χ3n) is 18.4. The standard InChI is InChI=1S/C75H145NO10/c1-3-5-7-9-11-13-15-39-43-47-51-55-59-63-71(80)84-64-60-56-52-48-44-41-38-36-34-32-30-28-26-24-22-20-18-16-17-19-21-23-25-27-29-31-33-35-37-40-42-46-50-54-58-62-70(79)76-67(66-85-75-74(83)73(82)72(81)69(65-77)86-75)68(78)61-57-53-49-45-14-12-10-8-6-4-2/h57,61,67-69,72-75,77-78,81-83H,3-56,58-60,62-66H2,1-2H3,(H,76,79)/b61-57+. The van der Waals surface area contributed by atoms with Crippen LogP contribution in [0.3, 0.4) is 0 Å². The summed E-state index contributed by atoms with van der Waals surface area (Å²) in [6, 6.07) is -0.804. The molecule has 1 aliphatic heterocycles. The fourth-order valence-electron chi connectivity index (χ4n) is 12.4. The maximum atomic E-state index is 13.0. The molecular weight excluding hydrogens is 1070 g/mol. The van der Waals surface area contributed by atoms with E-state index in [1.165, 1.54) is 315 Å². The maximum Gasteiger partial charge on any atom is 0.305 e. The Morgan fingerprint density at radius 1 is 0.419 bits per heavy atom. The number of hydrogen-bond acceptors (Lipinski definition) is 10. The molecule has 1 amide bonds. The first kappa shape index (κ1) is 82.4. The Morgan fingerprint density at radius 3 is 1.08 bits per heavy atom. The van der Waals surface area contributed by atoms with Crippen molar-refractivity contribution >= 4 is 11.9 Å². The van der Waals surface area contributed by atoms with Gasteiger partial charge in [-0.2, -0.15) is 0 Å². The zero-order valence-corrected chi connectivity index (χ0v) is 56.8. The van der Waals surface area contributed by atoms with Crippen molar-refractivity contribution in [2.45, 2.75) is 436 Å². The molecule has 0 aliphatic carbocycles. The summed E-state index contributed by atoms with van der Waals surface area (Å²) in [5.41, 5.74) is 0. The van der Waals surface area contributed by atoms with Gasteiger partial charge in [0, 0.05) is 12.8 Å². The number of aliphatic hydroxyl groups is 5. The van der Waals surface area contributed by atoms with E-state index in [0.29, 0.717) is 19.4 Å². The van der Waals surface area contributed by atoms with E-state index in [4.69, 9.17) is 14.2 Å². The second-order valence-corrected chi connectivity index (χ2v) is 26.7. The van der Waals surface area contributed by atoms with Gasteiger partial charge in [0.2, 0.25) is 5.91 Å². The van der Waals surface area contributed by atoms with E-state index >= 15 is 0 Å². The highest BCUT2D eigenvalue weighted by molar-refractivity contribution is 5.76. The van der Waals surface area contributed by atoms with Gasteiger partial charge in [0.05, 0.1) is 32.0 Å². The molecule has 1 aliphatic rings. The van der Waals surface area contributed by atoms with Crippen LogP contribution in [0.15, 0.2) is 12.2 Å². The molecule has 1 heterocycles. The molecule has 0 spiro atoms. The quantitative estimate of drug-likeness (QED) is 0.0195. The van der Waals surface area contributed by atoms with Crippen molar-refractivity contribution in [3.05, 3.63) is 12.2 Å². The molecule has 510 valence electrons. The number of carbonyl (C=O) groups is 2. The largest absolute Gasteiger partial charge is 0.466 e. The van der Waals surface area contributed by atoms with E-state index in [0.717, 1.165) is 51.4 Å². The van der Waals surface area contributed by atoms with Gasteiger partial charge in [-0.3, -0.25) is 9.59 Å². The summed E-state index contributed by atoms with van der Waals surface area (Å²) in [4.78, 5) is 25.1. The number of esters is 1. The Kier molecular flexibility index (Phi) is 62.2. The van der Waals surface area contributed by atoms with Gasteiger partial charge in [0.1, 0.15) is 24.4 Å². The molecule has 1 rings (SSSR count). The lowest BCUT2D eigenvalue weighted by atomic mass is 9.99. The SMILES string of the molecule is CCCCCCCCCC/C=C/C(O)C(COC1OC(CO)C(O)C(O)C1O)NC(=O)CCCCCCCCCCCCCCCCCCCCCCCCCCCCCCCCCCCCCOC(=O)CCCCCCCCCCCCCCC. The normalized spacial score (nSPS) is 17.9. The van der Waals surface area contributed by atoms with Gasteiger partial charge in [0.25, 0.3) is 0 Å². The highest BCUT2D eigenvalue weighted by atomic mass is 16.7. The average Bonchev–Trinajstić information content (AvgIpc) is 2.53. The first-order valence-electron chi connectivity index (χ1n) is 38.0. The number of carbonyl (C=O) groups excluding carboxylic acids is 2. The van der Waals surface area contributed by atoms with E-state index in [9.17, 15) is 35.1 Å². The highest BCUT2D eigenvalue weighted by Crippen LogP contribution is 2.24. The van der Waals surface area contributed by atoms with E-state index in [2.05, 4.69) is 19.2 Å². The molecule has 0 aromatic rings. The van der Waals surface area contributed by atoms with Crippen LogP contribution >= 0.6 is 0 Å². The average molecular weight is 1220 g/mol. The molecule has 6 N–H and O–H groups in total. The third-order valence-corrected chi connectivity index (χ3v) is 18.4. The van der Waals surface area contributed by atoms with Crippen LogP contribution in [0.1, 0.15) is 393 Å². The summed E-state index contributed by atoms with van der Waals surface area (Å²) >= 11 is 0. The number of hydrogen-bond donors (Lipinski definition) is 6. The van der Waals surface area contributed by atoms with Crippen LogP contribution in [0, 0.1) is 0 Å². The van der Waals surface area contributed by atoms with Crippen LogP contribution in [-0.4, -0.2) is 100 Å². The van der Waals surface area contributed by atoms with Crippen LogP contribution in [0.4, 0.5) is 0 Å². The number of rotatable bonds is 68. The third kappa shape index (κ3) is 53.1. The molecule has 1 fully saturated rings. The first-order chi connectivity index (χ1) is 42.2. The van der Waals surface area contributed by atoms with Crippen LogP contribution in [0.25, 0.3) is 0 Å². The minimum Gasteiger partial charge on any atom is -0.466 e. The summed E-state index contributed by atoms with van der Waals surface area (Å²) in [6.07, 6.45) is 71.0. The lowest BCUT2D eigenvalue weighted by Gasteiger charge is -2.40. The molecule has 0 aromatic heterocycles. The minimum absolute atomic E-state index is 0.0183. The summed E-state index contributed by atoms with van der Waals surface area (Å²) in [5.74, 6) is -0.157. The fourth-order valence-corrected chi connectivity index (χ4v) is 12.4. The maximum absolute atomic E-state index is 13.0. The van der Waals surface area contributed by atoms with Crippen LogP contribution in [-0.2, 0) is 23.8 Å². The number of nitrogens with one attached hydrogen (secondary N) is 1. The molecule has 0 saturated carbocycles. The Bertz CT molecular complexity index is 1430. The van der Waals surface area contributed by atoms with Gasteiger partial charge in [-0.25, -0.2) is 0 Å². The van der Waals surface area contributed by atoms with Gasteiger partial charge in [-0.1, -0.05) is 360 Å². The lowest BCUT2D eigenvalue weighted by molar-refractivity contribution is -0.302. The number of amides is 1. The van der Waals surface area contributed by atoms with Crippen molar-refractivity contribution in [3.8, 4) is 0 Å². The second-order valence-electron chi connectivity index (χ2n) is 26.7. The molecule has 0 bridgehead atoms. The van der Waals surface area contributed by atoms with Crippen LogP contribution in [0.2, 0.25) is 0 Å². The molecule has 0 radical (unpaired) electrons. The van der Waals surface area contributed by atoms with Gasteiger partial charge in [-0.15, -0.1) is 0 Å². The Balaban J connectivity index is 1.87. The topological polar surface area (TPSA) is 175 Å². The van der Waals surface area contributed by atoms with Gasteiger partial charge in [0.15, 0.2) is 6.29 Å². The van der Waals surface area contributed by atoms with Crippen molar-refractivity contribution in [2.24, 2.45) is 0 Å². The van der Waals surface area contributed by atoms with E-state index in [-0.39, 0.29) is 18.5 Å². The Morgan fingerprint density at radius 2 is 0.733 bits per heavy atom. The highest BCUT2D eigenvalue weighted by Gasteiger charge is 2.44. The molecule has 86 heavy (non-hydrogen) atoms. The smallest absolute Gasteiger partial charge is 0.305 e. The van der Waals surface area contributed by atoms with Crippen molar-refractivity contribution in [1.82, 2.24) is 5.32 Å². The number of allylic oxidation sites excluding steroid dienone is 1. The zero-order chi connectivity index (χ0) is 62.3. The van der Waals surface area contributed by atoms with Crippen molar-refractivity contribution < 1.29 is 49.3 Å². The zero-order valence-electron chi connectivity index (χ0n) is 56.8. The van der Waals surface area contributed by atoms with E-state index in [1.807, 2.05) is 6.08 Å². The fraction of sp³-hybridized carbons (Fsp3) is 0.947. The molecule has 11 nitrogen and oxygen atoms in total. The molecule has 7 unspecified atom stereocenters. The van der Waals surface area contributed by atoms with Crippen LogP contribution in [0.5, 0.6) is 0 Å². The molecular formula is C75H145NO10. The van der Waals surface area contributed by atoms with Gasteiger partial charge < -0.3 is 45.1 Å². The second kappa shape index (κ2) is 64.9. The Hall–Kier alpha value is -1.60. The van der Waals surface area contributed by atoms with E-state index in [1.54, 1.807) is 6.08 Å². The molecule has 0 aromatic carbocycles. The van der Waals surface area contributed by atoms with E-state index < -0.39 is 49.5 Å². The molecule has 1 saturated heterocycles. The lowest BCUT2D eigenvalue weighted by Crippen LogP contribution is -2.60. The Labute approximate surface area is 531 Å². The van der Waals surface area contributed by atoms with Gasteiger partial charge in [-0.05, 0) is 32.1 Å². The number of aliphatic hydroxyl groups excluding tert-OH is 5. The molecule has 11 heteroatoms. The molecule has 7 atom stereocenters.